The first-order valence-corrected chi connectivity index (χ1v) is 12.6. The first-order valence-electron chi connectivity index (χ1n) is 12.2. The molecule has 4 unspecified atom stereocenters. The Labute approximate surface area is 185 Å². The number of esters is 1. The maximum atomic E-state index is 14.1. The van der Waals surface area contributed by atoms with Crippen LogP contribution in [0.4, 0.5) is 4.39 Å². The summed E-state index contributed by atoms with van der Waals surface area (Å²) in [7, 11) is 0. The Kier molecular flexibility index (Phi) is 7.39. The molecule has 4 heteroatoms. The molecule has 0 spiro atoms. The third-order valence-corrected chi connectivity index (χ3v) is 8.59. The van der Waals surface area contributed by atoms with Gasteiger partial charge in [0, 0.05) is 5.02 Å². The molecular weight excluding hydrogens is 399 g/mol. The summed E-state index contributed by atoms with van der Waals surface area (Å²) in [6, 6.07) is 4.23. The van der Waals surface area contributed by atoms with E-state index in [9.17, 15) is 9.18 Å². The second-order valence-corrected chi connectivity index (χ2v) is 10.5. The molecule has 0 aliphatic heterocycles. The average Bonchev–Trinajstić information content (AvgIpc) is 2.75. The monoisotopic (exact) mass is 434 g/mol. The van der Waals surface area contributed by atoms with Crippen LogP contribution in [0.1, 0.15) is 84.0 Å². The van der Waals surface area contributed by atoms with Gasteiger partial charge in [-0.2, -0.15) is 0 Å². The van der Waals surface area contributed by atoms with Crippen LogP contribution in [0, 0.1) is 41.3 Å². The van der Waals surface area contributed by atoms with Gasteiger partial charge in [-0.15, -0.1) is 0 Å². The van der Waals surface area contributed by atoms with Gasteiger partial charge in [0.15, 0.2) is 11.6 Å². The van der Waals surface area contributed by atoms with E-state index in [4.69, 9.17) is 16.3 Å². The maximum Gasteiger partial charge on any atom is 0.314 e. The number of ether oxygens (including phenoxy) is 1. The lowest BCUT2D eigenvalue weighted by molar-refractivity contribution is -0.144. The first kappa shape index (κ1) is 22.1. The number of fused-ring (bicyclic) bond motifs is 1. The Bertz CT molecular complexity index is 728. The van der Waals surface area contributed by atoms with Crippen LogP contribution in [-0.2, 0) is 4.79 Å². The molecular formula is C26H36ClFO2. The van der Waals surface area contributed by atoms with Crippen LogP contribution >= 0.6 is 11.6 Å². The van der Waals surface area contributed by atoms with Crippen LogP contribution in [-0.4, -0.2) is 5.97 Å². The number of benzene rings is 1. The number of rotatable bonds is 5. The lowest BCUT2D eigenvalue weighted by atomic mass is 9.59. The van der Waals surface area contributed by atoms with Crippen LogP contribution < -0.4 is 4.74 Å². The molecule has 4 rings (SSSR count). The van der Waals surface area contributed by atoms with Gasteiger partial charge in [-0.25, -0.2) is 4.39 Å². The van der Waals surface area contributed by atoms with Gasteiger partial charge < -0.3 is 4.74 Å². The van der Waals surface area contributed by atoms with Crippen LogP contribution in [0.3, 0.4) is 0 Å². The first-order chi connectivity index (χ1) is 14.5. The fourth-order valence-electron chi connectivity index (χ4n) is 6.82. The van der Waals surface area contributed by atoms with Gasteiger partial charge in [-0.05, 0) is 86.3 Å². The Morgan fingerprint density at radius 1 is 1.03 bits per heavy atom. The van der Waals surface area contributed by atoms with E-state index < -0.39 is 5.82 Å². The van der Waals surface area contributed by atoms with Gasteiger partial charge >= 0.3 is 5.97 Å². The highest BCUT2D eigenvalue weighted by Crippen LogP contribution is 2.50. The number of carbonyl (C=O) groups excluding carboxylic acids is 1. The fourth-order valence-corrected chi connectivity index (χ4v) is 6.98. The number of hydrogen-bond acceptors (Lipinski definition) is 2. The molecule has 0 N–H and O–H groups in total. The van der Waals surface area contributed by atoms with Crippen molar-refractivity contribution in [1.29, 1.82) is 0 Å². The van der Waals surface area contributed by atoms with E-state index in [1.807, 2.05) is 0 Å². The zero-order chi connectivity index (χ0) is 21.1. The Morgan fingerprint density at radius 3 is 2.53 bits per heavy atom. The number of hydrogen-bond donors (Lipinski definition) is 0. The summed E-state index contributed by atoms with van der Waals surface area (Å²) in [5.74, 6) is 2.86. The summed E-state index contributed by atoms with van der Waals surface area (Å²) < 4.78 is 19.6. The summed E-state index contributed by atoms with van der Waals surface area (Å²) in [6.07, 6.45) is 15.3. The molecule has 0 radical (unpaired) electrons. The summed E-state index contributed by atoms with van der Waals surface area (Å²) >= 11 is 5.81. The number of carbonyl (C=O) groups is 1. The predicted molar refractivity (Wildman–Crippen MR) is 119 cm³/mol. The normalized spacial score (nSPS) is 34.2. The van der Waals surface area contributed by atoms with Crippen molar-refractivity contribution in [2.75, 3.05) is 0 Å². The van der Waals surface area contributed by atoms with Crippen molar-refractivity contribution >= 4 is 17.6 Å². The van der Waals surface area contributed by atoms with Gasteiger partial charge in [0.2, 0.25) is 0 Å². The third kappa shape index (κ3) is 5.03. The van der Waals surface area contributed by atoms with Crippen molar-refractivity contribution in [2.24, 2.45) is 35.5 Å². The van der Waals surface area contributed by atoms with Gasteiger partial charge in [-0.1, -0.05) is 57.0 Å². The Balaban J connectivity index is 1.34. The quantitative estimate of drug-likeness (QED) is 0.348. The molecule has 1 aromatic carbocycles. The molecule has 0 saturated heterocycles. The molecule has 0 aromatic heterocycles. The Hall–Kier alpha value is -1.09. The molecule has 166 valence electrons. The molecule has 3 aliphatic carbocycles. The van der Waals surface area contributed by atoms with E-state index in [-0.39, 0.29) is 17.6 Å². The summed E-state index contributed by atoms with van der Waals surface area (Å²) in [4.78, 5) is 12.9. The van der Waals surface area contributed by atoms with E-state index in [1.165, 1.54) is 69.9 Å². The minimum Gasteiger partial charge on any atom is -0.423 e. The van der Waals surface area contributed by atoms with Crippen molar-refractivity contribution < 1.29 is 13.9 Å². The maximum absolute atomic E-state index is 14.1. The molecule has 3 saturated carbocycles. The minimum atomic E-state index is -0.564. The van der Waals surface area contributed by atoms with Crippen LogP contribution in [0.25, 0.3) is 0 Å². The van der Waals surface area contributed by atoms with Crippen molar-refractivity contribution in [3.63, 3.8) is 0 Å². The van der Waals surface area contributed by atoms with Crippen LogP contribution in [0.2, 0.25) is 5.02 Å². The van der Waals surface area contributed by atoms with E-state index in [0.29, 0.717) is 16.9 Å². The van der Waals surface area contributed by atoms with Crippen molar-refractivity contribution in [3.05, 3.63) is 29.0 Å². The average molecular weight is 435 g/mol. The third-order valence-electron chi connectivity index (χ3n) is 8.35. The van der Waals surface area contributed by atoms with E-state index in [1.54, 1.807) is 6.07 Å². The molecule has 3 fully saturated rings. The highest BCUT2D eigenvalue weighted by Gasteiger charge is 2.43. The molecule has 0 bridgehead atoms. The second-order valence-electron chi connectivity index (χ2n) is 10.1. The molecule has 1 aromatic rings. The molecule has 0 heterocycles. The molecule has 30 heavy (non-hydrogen) atoms. The van der Waals surface area contributed by atoms with Gasteiger partial charge in [0.1, 0.15) is 0 Å². The summed E-state index contributed by atoms with van der Waals surface area (Å²) in [5.41, 5.74) is 0. The van der Waals surface area contributed by atoms with Gasteiger partial charge in [-0.3, -0.25) is 4.79 Å². The minimum absolute atomic E-state index is 0.00375. The molecule has 4 atom stereocenters. The van der Waals surface area contributed by atoms with Crippen LogP contribution in [0.15, 0.2) is 18.2 Å². The standard InChI is InChI=1S/C26H36ClFO2/c1-2-4-17-7-9-18(10-8-17)19-11-13-22-20(15-19)5-3-6-23(22)26(29)30-25-14-12-21(27)16-24(25)28/h12,14,16-20,22-23H,2-11,13,15H2,1H3. The molecule has 2 nitrogen and oxygen atoms in total. The fraction of sp³-hybridized carbons (Fsp3) is 0.731. The lowest BCUT2D eigenvalue weighted by Crippen LogP contribution is -2.40. The SMILES string of the molecule is CCCC1CCC(C2CCC3C(CCCC3C(=O)Oc3ccc(Cl)cc3F)C2)CC1. The summed E-state index contributed by atoms with van der Waals surface area (Å²) in [6.45, 7) is 2.30. The molecule has 0 amide bonds. The lowest BCUT2D eigenvalue weighted by Gasteiger charge is -2.46. The highest BCUT2D eigenvalue weighted by atomic mass is 35.5. The summed E-state index contributed by atoms with van der Waals surface area (Å²) in [5, 5.41) is 0.312. The van der Waals surface area contributed by atoms with Crippen molar-refractivity contribution in [2.45, 2.75) is 84.0 Å². The van der Waals surface area contributed by atoms with E-state index in [0.717, 1.165) is 37.0 Å². The number of halogens is 2. The van der Waals surface area contributed by atoms with Gasteiger partial charge in [0.05, 0.1) is 5.92 Å². The highest BCUT2D eigenvalue weighted by molar-refractivity contribution is 6.30. The predicted octanol–water partition coefficient (Wildman–Crippen LogP) is 7.82. The zero-order valence-electron chi connectivity index (χ0n) is 18.3. The molecule has 3 aliphatic rings. The Morgan fingerprint density at radius 2 is 1.80 bits per heavy atom. The van der Waals surface area contributed by atoms with Crippen molar-refractivity contribution in [3.8, 4) is 5.75 Å². The topological polar surface area (TPSA) is 26.3 Å². The largest absolute Gasteiger partial charge is 0.423 e. The van der Waals surface area contributed by atoms with Crippen LogP contribution in [0.5, 0.6) is 5.75 Å². The van der Waals surface area contributed by atoms with E-state index >= 15 is 0 Å². The van der Waals surface area contributed by atoms with E-state index in [2.05, 4.69) is 6.92 Å². The zero-order valence-corrected chi connectivity index (χ0v) is 19.0. The van der Waals surface area contributed by atoms with Crippen molar-refractivity contribution in [1.82, 2.24) is 0 Å². The van der Waals surface area contributed by atoms with Gasteiger partial charge in [0.25, 0.3) is 0 Å². The second kappa shape index (κ2) is 10.0. The smallest absolute Gasteiger partial charge is 0.314 e.